The predicted molar refractivity (Wildman–Crippen MR) is 88.2 cm³/mol. The number of pyridine rings is 1. The van der Waals surface area contributed by atoms with Crippen LogP contribution in [0, 0.1) is 6.92 Å². The fourth-order valence-corrected chi connectivity index (χ4v) is 3.26. The van der Waals surface area contributed by atoms with Crippen LogP contribution in [0.4, 0.5) is 5.82 Å². The lowest BCUT2D eigenvalue weighted by Gasteiger charge is -2.26. The molecule has 0 saturated carbocycles. The zero-order valence-electron chi connectivity index (χ0n) is 13.2. The summed E-state index contributed by atoms with van der Waals surface area (Å²) in [7, 11) is 2.10. The average Bonchev–Trinajstić information content (AvgIpc) is 3.20. The van der Waals surface area contributed by atoms with E-state index in [2.05, 4.69) is 51.3 Å². The largest absolute Gasteiger partial charge is 0.353 e. The number of benzene rings is 1. The molecule has 3 aromatic rings. The molecule has 2 heterocycles. The molecule has 0 fully saturated rings. The van der Waals surface area contributed by atoms with Gasteiger partial charge >= 0.3 is 0 Å². The third-order valence-electron chi connectivity index (χ3n) is 4.45. The van der Waals surface area contributed by atoms with Crippen LogP contribution >= 0.6 is 0 Å². The van der Waals surface area contributed by atoms with Gasteiger partial charge in [-0.05, 0) is 43.0 Å². The molecule has 0 N–H and O–H groups in total. The molecule has 0 saturated heterocycles. The highest BCUT2D eigenvalue weighted by Gasteiger charge is 2.26. The molecule has 1 aliphatic rings. The second kappa shape index (κ2) is 5.50. The van der Waals surface area contributed by atoms with Crippen LogP contribution in [-0.2, 0) is 6.42 Å². The third-order valence-corrected chi connectivity index (χ3v) is 4.45. The third kappa shape index (κ3) is 2.48. The number of fused-ring (bicyclic) bond motifs is 1. The normalized spacial score (nSPS) is 16.3. The van der Waals surface area contributed by atoms with Crippen LogP contribution in [0.3, 0.4) is 0 Å². The summed E-state index contributed by atoms with van der Waals surface area (Å²) in [5.74, 6) is 2.09. The van der Waals surface area contributed by atoms with Crippen LogP contribution in [0.5, 0.6) is 0 Å². The first-order valence-corrected chi connectivity index (χ1v) is 7.80. The molecule has 5 heteroatoms. The van der Waals surface area contributed by atoms with E-state index in [9.17, 15) is 0 Å². The van der Waals surface area contributed by atoms with E-state index < -0.39 is 0 Å². The van der Waals surface area contributed by atoms with Gasteiger partial charge in [-0.15, -0.1) is 0 Å². The summed E-state index contributed by atoms with van der Waals surface area (Å²) >= 11 is 0. The Labute approximate surface area is 135 Å². The van der Waals surface area contributed by atoms with Gasteiger partial charge in [0.15, 0.2) is 5.82 Å². The van der Waals surface area contributed by atoms with Crippen LogP contribution in [0.1, 0.15) is 29.4 Å². The van der Waals surface area contributed by atoms with Crippen LogP contribution in [0.2, 0.25) is 0 Å². The molecule has 1 unspecified atom stereocenters. The van der Waals surface area contributed by atoms with Crippen LogP contribution in [0.25, 0.3) is 11.5 Å². The minimum Gasteiger partial charge on any atom is -0.353 e. The average molecular weight is 306 g/mol. The van der Waals surface area contributed by atoms with Gasteiger partial charge in [-0.1, -0.05) is 29.4 Å². The van der Waals surface area contributed by atoms with Crippen molar-refractivity contribution >= 4 is 5.82 Å². The molecule has 0 radical (unpaired) electrons. The maximum atomic E-state index is 5.26. The van der Waals surface area contributed by atoms with Crippen molar-refractivity contribution in [3.63, 3.8) is 0 Å². The molecular weight excluding hydrogens is 288 g/mol. The van der Waals surface area contributed by atoms with Gasteiger partial charge in [-0.3, -0.25) is 0 Å². The molecule has 116 valence electrons. The Bertz CT molecular complexity index is 842. The second-order valence-corrected chi connectivity index (χ2v) is 5.91. The molecule has 23 heavy (non-hydrogen) atoms. The topological polar surface area (TPSA) is 55.1 Å². The molecule has 1 aliphatic carbocycles. The van der Waals surface area contributed by atoms with E-state index in [0.29, 0.717) is 17.8 Å². The van der Waals surface area contributed by atoms with Gasteiger partial charge in [-0.2, -0.15) is 4.98 Å². The van der Waals surface area contributed by atoms with E-state index in [1.807, 2.05) is 19.1 Å². The SMILES string of the molecule is Cc1noc(-c2ccnc(N(C)C3CCc4ccccc43)c2)n1. The van der Waals surface area contributed by atoms with Crippen molar-refractivity contribution < 1.29 is 4.52 Å². The molecule has 0 spiro atoms. The van der Waals surface area contributed by atoms with Crippen LogP contribution in [-0.4, -0.2) is 22.2 Å². The molecule has 0 aliphatic heterocycles. The van der Waals surface area contributed by atoms with E-state index >= 15 is 0 Å². The van der Waals surface area contributed by atoms with Gasteiger partial charge in [0.05, 0.1) is 6.04 Å². The first-order chi connectivity index (χ1) is 11.2. The number of rotatable bonds is 3. The lowest BCUT2D eigenvalue weighted by atomic mass is 10.1. The number of aromatic nitrogens is 3. The van der Waals surface area contributed by atoms with Crippen molar-refractivity contribution in [2.24, 2.45) is 0 Å². The summed E-state index contributed by atoms with van der Waals surface area (Å²) < 4.78 is 5.26. The fraction of sp³-hybridized carbons (Fsp3) is 0.278. The molecule has 4 rings (SSSR count). The van der Waals surface area contributed by atoms with Gasteiger partial charge in [0.1, 0.15) is 5.82 Å². The van der Waals surface area contributed by atoms with Gasteiger partial charge in [0.2, 0.25) is 0 Å². The number of nitrogens with zero attached hydrogens (tertiary/aromatic N) is 4. The number of anilines is 1. The first-order valence-electron chi connectivity index (χ1n) is 7.80. The van der Waals surface area contributed by atoms with E-state index in [4.69, 9.17) is 4.52 Å². The molecule has 5 nitrogen and oxygen atoms in total. The van der Waals surface area contributed by atoms with Crippen molar-refractivity contribution in [1.82, 2.24) is 15.1 Å². The van der Waals surface area contributed by atoms with E-state index in [1.165, 1.54) is 11.1 Å². The first kappa shape index (κ1) is 13.9. The van der Waals surface area contributed by atoms with Crippen molar-refractivity contribution in [2.45, 2.75) is 25.8 Å². The summed E-state index contributed by atoms with van der Waals surface area (Å²) in [5, 5.41) is 3.85. The molecule has 0 bridgehead atoms. The van der Waals surface area contributed by atoms with Crippen molar-refractivity contribution in [2.75, 3.05) is 11.9 Å². The minimum atomic E-state index is 0.360. The minimum absolute atomic E-state index is 0.360. The number of aryl methyl sites for hydroxylation is 2. The Kier molecular flexibility index (Phi) is 3.33. The van der Waals surface area contributed by atoms with Crippen molar-refractivity contribution in [1.29, 1.82) is 0 Å². The Hall–Kier alpha value is -2.69. The molecular formula is C18H18N4O. The summed E-state index contributed by atoms with van der Waals surface area (Å²) in [4.78, 5) is 11.1. The summed E-state index contributed by atoms with van der Waals surface area (Å²) in [6.45, 7) is 1.82. The zero-order chi connectivity index (χ0) is 15.8. The zero-order valence-corrected chi connectivity index (χ0v) is 13.2. The lowest BCUT2D eigenvalue weighted by Crippen LogP contribution is -2.23. The van der Waals surface area contributed by atoms with Gasteiger partial charge in [0, 0.05) is 18.8 Å². The molecule has 1 atom stereocenters. The Morgan fingerprint density at radius 1 is 1.22 bits per heavy atom. The predicted octanol–water partition coefficient (Wildman–Crippen LogP) is 3.56. The highest BCUT2D eigenvalue weighted by atomic mass is 16.5. The standard InChI is InChI=1S/C18H18N4O/c1-12-20-18(23-21-12)14-9-10-19-17(11-14)22(2)16-8-7-13-5-3-4-6-15(13)16/h3-6,9-11,16H,7-8H2,1-2H3. The summed E-state index contributed by atoms with van der Waals surface area (Å²) in [6.07, 6.45) is 4.02. The van der Waals surface area contributed by atoms with Crippen molar-refractivity contribution in [3.05, 3.63) is 59.5 Å². The highest BCUT2D eigenvalue weighted by Crippen LogP contribution is 2.37. The van der Waals surface area contributed by atoms with Gasteiger partial charge in [-0.25, -0.2) is 4.98 Å². The number of hydrogen-bond acceptors (Lipinski definition) is 5. The van der Waals surface area contributed by atoms with E-state index in [1.54, 1.807) is 6.20 Å². The Morgan fingerprint density at radius 3 is 2.91 bits per heavy atom. The second-order valence-electron chi connectivity index (χ2n) is 5.91. The van der Waals surface area contributed by atoms with Crippen molar-refractivity contribution in [3.8, 4) is 11.5 Å². The molecule has 1 aromatic carbocycles. The molecule has 2 aromatic heterocycles. The van der Waals surface area contributed by atoms with Gasteiger partial charge < -0.3 is 9.42 Å². The van der Waals surface area contributed by atoms with E-state index in [0.717, 1.165) is 24.2 Å². The smallest absolute Gasteiger partial charge is 0.258 e. The highest BCUT2D eigenvalue weighted by molar-refractivity contribution is 5.59. The maximum Gasteiger partial charge on any atom is 0.258 e. The maximum absolute atomic E-state index is 5.26. The Morgan fingerprint density at radius 2 is 2.09 bits per heavy atom. The summed E-state index contributed by atoms with van der Waals surface area (Å²) in [5.41, 5.74) is 3.73. The number of hydrogen-bond donors (Lipinski definition) is 0. The molecule has 0 amide bonds. The van der Waals surface area contributed by atoms with Gasteiger partial charge in [0.25, 0.3) is 5.89 Å². The summed E-state index contributed by atoms with van der Waals surface area (Å²) in [6, 6.07) is 12.9. The quantitative estimate of drug-likeness (QED) is 0.740. The Balaban J connectivity index is 1.66. The fourth-order valence-electron chi connectivity index (χ4n) is 3.26. The van der Waals surface area contributed by atoms with Crippen LogP contribution in [0.15, 0.2) is 47.1 Å². The van der Waals surface area contributed by atoms with E-state index in [-0.39, 0.29) is 0 Å². The van der Waals surface area contributed by atoms with Crippen LogP contribution < -0.4 is 4.90 Å². The monoisotopic (exact) mass is 306 g/mol. The lowest BCUT2D eigenvalue weighted by molar-refractivity contribution is 0.425.